The van der Waals surface area contributed by atoms with E-state index < -0.39 is 0 Å². The van der Waals surface area contributed by atoms with Crippen LogP contribution in [-0.4, -0.2) is 30.9 Å². The minimum absolute atomic E-state index is 0.0788. The Hall–Kier alpha value is -2.58. The van der Waals surface area contributed by atoms with Crippen molar-refractivity contribution < 1.29 is 23.5 Å². The number of fused-ring (bicyclic) bond motifs is 2. The largest absolute Gasteiger partial charge is 0.467 e. The van der Waals surface area contributed by atoms with E-state index in [-0.39, 0.29) is 24.4 Å². The van der Waals surface area contributed by atoms with Gasteiger partial charge < -0.3 is 20.1 Å². The minimum atomic E-state index is -0.355. The van der Waals surface area contributed by atoms with E-state index in [9.17, 15) is 14.0 Å². The van der Waals surface area contributed by atoms with Crippen molar-refractivity contribution in [3.63, 3.8) is 0 Å². The molecule has 0 fully saturated rings. The summed E-state index contributed by atoms with van der Waals surface area (Å²) in [5.74, 6) is 0.323. The average molecular weight is 388 g/mol. The molecular formula is C19H17FN2O4S. The van der Waals surface area contributed by atoms with Crippen molar-refractivity contribution in [3.8, 4) is 5.75 Å². The maximum Gasteiger partial charge on any atom is 0.251 e. The zero-order valence-electron chi connectivity index (χ0n) is 14.3. The monoisotopic (exact) mass is 388 g/mol. The number of thioether (sulfide) groups is 1. The second-order valence-electron chi connectivity index (χ2n) is 6.22. The van der Waals surface area contributed by atoms with Crippen LogP contribution in [0.5, 0.6) is 5.75 Å². The number of amides is 2. The topological polar surface area (TPSA) is 76.7 Å². The van der Waals surface area contributed by atoms with E-state index in [1.807, 2.05) is 6.07 Å². The zero-order chi connectivity index (χ0) is 18.8. The maximum atomic E-state index is 13.8. The molecule has 2 N–H and O–H groups in total. The third kappa shape index (κ3) is 3.91. The van der Waals surface area contributed by atoms with Crippen LogP contribution >= 0.6 is 11.8 Å². The number of hydrogen-bond donors (Lipinski definition) is 2. The predicted molar refractivity (Wildman–Crippen MR) is 98.5 cm³/mol. The first-order valence-corrected chi connectivity index (χ1v) is 9.45. The summed E-state index contributed by atoms with van der Waals surface area (Å²) in [5, 5.41) is 5.59. The van der Waals surface area contributed by atoms with Crippen molar-refractivity contribution in [2.45, 2.75) is 17.9 Å². The standard InChI is InChI=1S/C19H17FN2O4S/c20-14-5-11(18-13(6-14)8-25-10-26-18)3-4-21-19(24)12-1-2-16-15(7-12)22-17(23)9-27-16/h1-2,5-7H,3-4,8-10H2,(H,21,24)(H,22,23). The zero-order valence-corrected chi connectivity index (χ0v) is 15.2. The summed E-state index contributed by atoms with van der Waals surface area (Å²) in [6, 6.07) is 8.03. The quantitative estimate of drug-likeness (QED) is 0.842. The van der Waals surface area contributed by atoms with Crippen LogP contribution in [0.4, 0.5) is 10.1 Å². The molecule has 2 aromatic rings. The van der Waals surface area contributed by atoms with Crippen LogP contribution in [0.1, 0.15) is 21.5 Å². The van der Waals surface area contributed by atoms with Crippen LogP contribution in [0.25, 0.3) is 0 Å². The molecule has 4 rings (SSSR count). The summed E-state index contributed by atoms with van der Waals surface area (Å²) in [6.45, 7) is 0.777. The van der Waals surface area contributed by atoms with Crippen molar-refractivity contribution in [2.75, 3.05) is 24.4 Å². The van der Waals surface area contributed by atoms with Gasteiger partial charge in [-0.05, 0) is 42.3 Å². The first-order chi connectivity index (χ1) is 13.1. The van der Waals surface area contributed by atoms with E-state index in [4.69, 9.17) is 9.47 Å². The van der Waals surface area contributed by atoms with Gasteiger partial charge in [0, 0.05) is 22.6 Å². The van der Waals surface area contributed by atoms with E-state index in [0.717, 1.165) is 4.90 Å². The van der Waals surface area contributed by atoms with Crippen LogP contribution in [0, 0.1) is 5.82 Å². The van der Waals surface area contributed by atoms with Crippen LogP contribution in [0.2, 0.25) is 0 Å². The van der Waals surface area contributed by atoms with Gasteiger partial charge in [-0.3, -0.25) is 9.59 Å². The average Bonchev–Trinajstić information content (AvgIpc) is 2.67. The lowest BCUT2D eigenvalue weighted by Gasteiger charge is -2.21. The van der Waals surface area contributed by atoms with Gasteiger partial charge in [0.25, 0.3) is 5.91 Å². The van der Waals surface area contributed by atoms with Gasteiger partial charge in [0.05, 0.1) is 18.0 Å². The highest BCUT2D eigenvalue weighted by atomic mass is 32.2. The fourth-order valence-electron chi connectivity index (χ4n) is 3.08. The molecule has 0 saturated heterocycles. The number of halogens is 1. The Bertz CT molecular complexity index is 919. The lowest BCUT2D eigenvalue weighted by molar-refractivity contribution is -0.113. The summed E-state index contributed by atoms with van der Waals surface area (Å²) in [4.78, 5) is 24.8. The Labute approximate surface area is 159 Å². The molecule has 6 nitrogen and oxygen atoms in total. The van der Waals surface area contributed by atoms with Gasteiger partial charge in [-0.15, -0.1) is 11.8 Å². The molecule has 0 aliphatic carbocycles. The number of carbonyl (C=O) groups excluding carboxylic acids is 2. The third-order valence-electron chi connectivity index (χ3n) is 4.31. The van der Waals surface area contributed by atoms with Crippen LogP contribution in [-0.2, 0) is 22.6 Å². The molecule has 8 heteroatoms. The molecule has 2 aliphatic heterocycles. The molecule has 2 amide bonds. The van der Waals surface area contributed by atoms with Gasteiger partial charge in [0.2, 0.25) is 5.91 Å². The van der Waals surface area contributed by atoms with E-state index in [1.165, 1.54) is 23.9 Å². The summed E-state index contributed by atoms with van der Waals surface area (Å²) in [7, 11) is 0. The predicted octanol–water partition coefficient (Wildman–Crippen LogP) is 2.71. The number of anilines is 1. The second kappa shape index (κ2) is 7.58. The number of ether oxygens (including phenoxy) is 2. The summed E-state index contributed by atoms with van der Waals surface area (Å²) in [5.41, 5.74) is 2.48. The Morgan fingerprint density at radius 3 is 3.07 bits per heavy atom. The number of rotatable bonds is 4. The van der Waals surface area contributed by atoms with Crippen molar-refractivity contribution in [1.29, 1.82) is 0 Å². The molecule has 0 saturated carbocycles. The van der Waals surface area contributed by atoms with Gasteiger partial charge in [-0.1, -0.05) is 0 Å². The lowest BCUT2D eigenvalue weighted by atomic mass is 10.1. The van der Waals surface area contributed by atoms with Crippen molar-refractivity contribution in [2.24, 2.45) is 0 Å². The molecule has 0 unspecified atom stereocenters. The summed E-state index contributed by atoms with van der Waals surface area (Å²) >= 11 is 1.44. The minimum Gasteiger partial charge on any atom is -0.467 e. The molecule has 0 radical (unpaired) electrons. The van der Waals surface area contributed by atoms with Crippen molar-refractivity contribution >= 4 is 29.3 Å². The van der Waals surface area contributed by atoms with E-state index in [0.29, 0.717) is 53.5 Å². The van der Waals surface area contributed by atoms with Crippen LogP contribution in [0.15, 0.2) is 35.2 Å². The normalized spacial score (nSPS) is 15.2. The Morgan fingerprint density at radius 2 is 2.19 bits per heavy atom. The summed E-state index contributed by atoms with van der Waals surface area (Å²) < 4.78 is 24.4. The molecular weight excluding hydrogens is 371 g/mol. The van der Waals surface area contributed by atoms with Crippen LogP contribution < -0.4 is 15.4 Å². The van der Waals surface area contributed by atoms with Gasteiger partial charge in [-0.25, -0.2) is 4.39 Å². The first kappa shape index (κ1) is 17.8. The number of carbonyl (C=O) groups is 2. The molecule has 2 aromatic carbocycles. The van der Waals surface area contributed by atoms with Gasteiger partial charge in [0.15, 0.2) is 6.79 Å². The smallest absolute Gasteiger partial charge is 0.251 e. The van der Waals surface area contributed by atoms with Crippen molar-refractivity contribution in [3.05, 3.63) is 52.8 Å². The molecule has 2 aliphatic rings. The molecule has 27 heavy (non-hydrogen) atoms. The van der Waals surface area contributed by atoms with Gasteiger partial charge >= 0.3 is 0 Å². The Kier molecular flexibility index (Phi) is 5.00. The SMILES string of the molecule is O=C1CSc2ccc(C(=O)NCCc3cc(F)cc4c3OCOC4)cc2N1. The van der Waals surface area contributed by atoms with E-state index >= 15 is 0 Å². The lowest BCUT2D eigenvalue weighted by Crippen LogP contribution is -2.27. The second-order valence-corrected chi connectivity index (χ2v) is 7.23. The van der Waals surface area contributed by atoms with E-state index in [1.54, 1.807) is 12.1 Å². The van der Waals surface area contributed by atoms with E-state index in [2.05, 4.69) is 10.6 Å². The highest BCUT2D eigenvalue weighted by Crippen LogP contribution is 2.32. The van der Waals surface area contributed by atoms with Gasteiger partial charge in [0.1, 0.15) is 11.6 Å². The highest BCUT2D eigenvalue weighted by Gasteiger charge is 2.19. The fourth-order valence-corrected chi connectivity index (χ4v) is 3.87. The highest BCUT2D eigenvalue weighted by molar-refractivity contribution is 8.00. The number of hydrogen-bond acceptors (Lipinski definition) is 5. The third-order valence-corrected chi connectivity index (χ3v) is 5.38. The fraction of sp³-hybridized carbons (Fsp3) is 0.263. The maximum absolute atomic E-state index is 13.8. The molecule has 0 spiro atoms. The molecule has 0 aromatic heterocycles. The van der Waals surface area contributed by atoms with Crippen molar-refractivity contribution in [1.82, 2.24) is 5.32 Å². The number of benzene rings is 2. The Morgan fingerprint density at radius 1 is 1.30 bits per heavy atom. The molecule has 0 atom stereocenters. The molecule has 140 valence electrons. The Balaban J connectivity index is 1.41. The number of nitrogens with one attached hydrogen (secondary N) is 2. The van der Waals surface area contributed by atoms with Crippen LogP contribution in [0.3, 0.4) is 0 Å². The molecule has 2 heterocycles. The summed E-state index contributed by atoms with van der Waals surface area (Å²) in [6.07, 6.45) is 0.434. The first-order valence-electron chi connectivity index (χ1n) is 8.47. The molecule has 0 bridgehead atoms. The van der Waals surface area contributed by atoms with Gasteiger partial charge in [-0.2, -0.15) is 0 Å².